The number of aryl methyl sites for hydroxylation is 1. The number of rotatable bonds is 4. The minimum atomic E-state index is -0.0601. The average Bonchev–Trinajstić information content (AvgIpc) is 3.77. The van der Waals surface area contributed by atoms with E-state index in [0.717, 1.165) is 54.8 Å². The molecule has 2 aliphatic heterocycles. The molecule has 2 unspecified atom stereocenters. The van der Waals surface area contributed by atoms with Gasteiger partial charge in [0.2, 0.25) is 0 Å². The fourth-order valence-corrected chi connectivity index (χ4v) is 11.0. The fraction of sp³-hybridized carbons (Fsp3) is 0.196. The first-order chi connectivity index (χ1) is 26.5. The first kappa shape index (κ1) is 32.0. The summed E-state index contributed by atoms with van der Waals surface area (Å²) < 4.78 is 7.89. The third kappa shape index (κ3) is 5.02. The maximum atomic E-state index is 6.53. The van der Waals surface area contributed by atoms with Crippen LogP contribution in [0.4, 0.5) is 0 Å². The summed E-state index contributed by atoms with van der Waals surface area (Å²) in [5, 5.41) is 1.39. The molecule has 2 atom stereocenters. The van der Waals surface area contributed by atoms with Crippen LogP contribution in [0.3, 0.4) is 0 Å². The molecule has 11 rings (SSSR count). The molecule has 3 heteroatoms. The Morgan fingerprint density at radius 3 is 2.48 bits per heavy atom. The van der Waals surface area contributed by atoms with Gasteiger partial charge in [-0.25, -0.2) is 4.99 Å². The first-order valence-electron chi connectivity index (χ1n) is 19.5. The highest BCUT2D eigenvalue weighted by molar-refractivity contribution is 7.20. The van der Waals surface area contributed by atoms with E-state index in [1.807, 2.05) is 11.3 Å². The molecule has 0 spiro atoms. The highest BCUT2D eigenvalue weighted by atomic mass is 32.1. The SMILES string of the molecule is CC1(C)c2ccc(-c3cccc(C4=CC(c5ccccc5)=NC(C5=CCCc6c5sc5ccccc65)=CC4)c3)cc2-c2cc3c(cc21)C1CCC=CC1O3. The molecule has 0 amide bonds. The first-order valence-corrected chi connectivity index (χ1v) is 20.3. The van der Waals surface area contributed by atoms with Crippen molar-refractivity contribution < 1.29 is 4.74 Å². The normalized spacial score (nSPS) is 20.3. The minimum Gasteiger partial charge on any atom is -0.485 e. The van der Waals surface area contributed by atoms with Crippen LogP contribution in [-0.2, 0) is 11.8 Å². The van der Waals surface area contributed by atoms with E-state index >= 15 is 0 Å². The van der Waals surface area contributed by atoms with Gasteiger partial charge in [-0.05, 0) is 124 Å². The van der Waals surface area contributed by atoms with Crippen molar-refractivity contribution in [2.24, 2.45) is 4.99 Å². The number of benzene rings is 5. The highest BCUT2D eigenvalue weighted by Gasteiger charge is 2.41. The lowest BCUT2D eigenvalue weighted by atomic mass is 9.79. The number of nitrogens with zero attached hydrogens (tertiary/aromatic N) is 1. The average molecular weight is 716 g/mol. The standard InChI is InChI=1S/C51H41NOS/c1-51(2)43-24-22-34(27-40(43)41-30-48-42(29-44(41)51)36-16-6-8-20-47(36)53-48)32-14-10-15-33(26-32)35-23-25-45(52-46(28-35)31-12-4-3-5-13-31)39-19-11-18-38-37-17-7-9-21-49(37)54-50(38)39/h3-5,7-10,12-15,17,19-22,24-30,36,47H,6,11,16,18,23H2,1-2H3. The Morgan fingerprint density at radius 2 is 1.56 bits per heavy atom. The molecule has 6 aromatic rings. The Labute approximate surface area is 321 Å². The van der Waals surface area contributed by atoms with Crippen molar-refractivity contribution in [2.45, 2.75) is 63.4 Å². The van der Waals surface area contributed by atoms with E-state index in [1.54, 1.807) is 0 Å². The molecule has 2 nitrogen and oxygen atoms in total. The number of aliphatic imine (C=N–C) groups is 1. The van der Waals surface area contributed by atoms with Gasteiger partial charge in [0, 0.05) is 37.6 Å². The lowest BCUT2D eigenvalue weighted by Crippen LogP contribution is -2.18. The van der Waals surface area contributed by atoms with Crippen LogP contribution in [-0.4, -0.2) is 11.8 Å². The second-order valence-electron chi connectivity index (χ2n) is 16.0. The van der Waals surface area contributed by atoms with Crippen molar-refractivity contribution in [1.29, 1.82) is 0 Å². The van der Waals surface area contributed by atoms with E-state index in [9.17, 15) is 0 Å². The number of hydrogen-bond donors (Lipinski definition) is 0. The molecule has 0 saturated carbocycles. The van der Waals surface area contributed by atoms with Gasteiger partial charge in [-0.15, -0.1) is 11.3 Å². The van der Waals surface area contributed by atoms with Gasteiger partial charge >= 0.3 is 0 Å². The molecular weight excluding hydrogens is 675 g/mol. The van der Waals surface area contributed by atoms with E-state index in [2.05, 4.69) is 153 Å². The van der Waals surface area contributed by atoms with Gasteiger partial charge in [0.05, 0.1) is 11.4 Å². The second-order valence-corrected chi connectivity index (χ2v) is 17.0. The zero-order chi connectivity index (χ0) is 36.0. The lowest BCUT2D eigenvalue weighted by Gasteiger charge is -2.23. The summed E-state index contributed by atoms with van der Waals surface area (Å²) in [6.07, 6.45) is 17.1. The summed E-state index contributed by atoms with van der Waals surface area (Å²) in [6.45, 7) is 4.77. The molecule has 262 valence electrons. The molecular formula is C51H41NOS. The number of allylic oxidation sites excluding steroid dienone is 6. The molecule has 0 radical (unpaired) electrons. The van der Waals surface area contributed by atoms with Crippen LogP contribution in [0.1, 0.15) is 83.7 Å². The molecule has 3 aliphatic carbocycles. The van der Waals surface area contributed by atoms with Crippen molar-refractivity contribution in [1.82, 2.24) is 0 Å². The van der Waals surface area contributed by atoms with Crippen molar-refractivity contribution in [3.05, 3.63) is 184 Å². The summed E-state index contributed by atoms with van der Waals surface area (Å²) in [5.74, 6) is 1.54. The quantitative estimate of drug-likeness (QED) is 0.167. The molecule has 1 aromatic heterocycles. The molecule has 0 bridgehead atoms. The summed E-state index contributed by atoms with van der Waals surface area (Å²) in [6, 6.07) is 40.6. The van der Waals surface area contributed by atoms with Crippen LogP contribution < -0.4 is 4.74 Å². The molecule has 0 fully saturated rings. The maximum absolute atomic E-state index is 6.53. The van der Waals surface area contributed by atoms with Crippen molar-refractivity contribution in [3.8, 4) is 28.0 Å². The van der Waals surface area contributed by atoms with Gasteiger partial charge in [-0.2, -0.15) is 0 Å². The topological polar surface area (TPSA) is 21.6 Å². The lowest BCUT2D eigenvalue weighted by molar-refractivity contribution is 0.244. The highest BCUT2D eigenvalue weighted by Crippen LogP contribution is 2.55. The fourth-order valence-electron chi connectivity index (χ4n) is 9.67. The number of thiophene rings is 1. The second kappa shape index (κ2) is 12.3. The molecule has 5 aromatic carbocycles. The van der Waals surface area contributed by atoms with E-state index in [1.165, 1.54) is 76.2 Å². The van der Waals surface area contributed by atoms with E-state index in [-0.39, 0.29) is 11.5 Å². The van der Waals surface area contributed by atoms with Crippen molar-refractivity contribution >= 4 is 38.3 Å². The summed E-state index contributed by atoms with van der Waals surface area (Å²) in [7, 11) is 0. The van der Waals surface area contributed by atoms with Crippen LogP contribution in [0.5, 0.6) is 5.75 Å². The van der Waals surface area contributed by atoms with Gasteiger partial charge < -0.3 is 4.74 Å². The van der Waals surface area contributed by atoms with Gasteiger partial charge in [0.1, 0.15) is 11.9 Å². The predicted molar refractivity (Wildman–Crippen MR) is 227 cm³/mol. The van der Waals surface area contributed by atoms with Crippen LogP contribution in [0.15, 0.2) is 150 Å². The van der Waals surface area contributed by atoms with E-state index in [0.29, 0.717) is 5.92 Å². The Kier molecular flexibility index (Phi) is 7.26. The van der Waals surface area contributed by atoms with Crippen LogP contribution in [0, 0.1) is 0 Å². The molecule has 3 heterocycles. The van der Waals surface area contributed by atoms with Crippen molar-refractivity contribution in [3.63, 3.8) is 0 Å². The monoisotopic (exact) mass is 715 g/mol. The summed E-state index contributed by atoms with van der Waals surface area (Å²) in [5.41, 5.74) is 17.8. The van der Waals surface area contributed by atoms with Crippen molar-refractivity contribution in [2.75, 3.05) is 0 Å². The molecule has 0 N–H and O–H groups in total. The number of fused-ring (bicyclic) bond motifs is 9. The minimum absolute atomic E-state index is 0.0601. The number of hydrogen-bond acceptors (Lipinski definition) is 3. The van der Waals surface area contributed by atoms with Crippen LogP contribution >= 0.6 is 11.3 Å². The smallest absolute Gasteiger partial charge is 0.124 e. The third-order valence-corrected chi connectivity index (χ3v) is 13.7. The molecule has 54 heavy (non-hydrogen) atoms. The summed E-state index contributed by atoms with van der Waals surface area (Å²) >= 11 is 1.91. The molecule has 5 aliphatic rings. The largest absolute Gasteiger partial charge is 0.485 e. The zero-order valence-corrected chi connectivity index (χ0v) is 31.5. The maximum Gasteiger partial charge on any atom is 0.124 e. The Hall–Kier alpha value is -5.51. The number of ether oxygens (including phenoxy) is 1. The van der Waals surface area contributed by atoms with Gasteiger partial charge in [0.15, 0.2) is 0 Å². The Morgan fingerprint density at radius 1 is 0.741 bits per heavy atom. The van der Waals surface area contributed by atoms with Crippen LogP contribution in [0.25, 0.3) is 43.5 Å². The van der Waals surface area contributed by atoms with Gasteiger partial charge in [-0.3, -0.25) is 0 Å². The summed E-state index contributed by atoms with van der Waals surface area (Å²) in [4.78, 5) is 6.82. The molecule has 0 saturated heterocycles. The van der Waals surface area contributed by atoms with Crippen LogP contribution in [0.2, 0.25) is 0 Å². The van der Waals surface area contributed by atoms with E-state index < -0.39 is 0 Å². The zero-order valence-electron chi connectivity index (χ0n) is 30.7. The third-order valence-electron chi connectivity index (χ3n) is 12.5. The Balaban J connectivity index is 0.969. The Bertz CT molecular complexity index is 2700. The van der Waals surface area contributed by atoms with Gasteiger partial charge in [-0.1, -0.05) is 117 Å². The predicted octanol–water partition coefficient (Wildman–Crippen LogP) is 13.3. The van der Waals surface area contributed by atoms with Gasteiger partial charge in [0.25, 0.3) is 0 Å². The van der Waals surface area contributed by atoms with E-state index in [4.69, 9.17) is 9.73 Å².